The maximum atomic E-state index is 11.0. The van der Waals surface area contributed by atoms with Gasteiger partial charge >= 0.3 is 5.69 Å². The van der Waals surface area contributed by atoms with Gasteiger partial charge in [-0.05, 0) is 17.2 Å². The number of hydrogen-bond donors (Lipinski definition) is 0. The quantitative estimate of drug-likeness (QED) is 0.453. The van der Waals surface area contributed by atoms with Gasteiger partial charge in [0.15, 0.2) is 5.75 Å². The summed E-state index contributed by atoms with van der Waals surface area (Å²) in [5.74, 6) is 0.322. The Balaban J connectivity index is 2.06. The molecule has 0 fully saturated rings. The maximum absolute atomic E-state index is 11.0. The van der Waals surface area contributed by atoms with Crippen LogP contribution in [0.3, 0.4) is 0 Å². The summed E-state index contributed by atoms with van der Waals surface area (Å²) in [6, 6.07) is 14.8. The summed E-state index contributed by atoms with van der Waals surface area (Å²) in [7, 11) is 0. The van der Waals surface area contributed by atoms with Crippen LogP contribution in [0.25, 0.3) is 0 Å². The van der Waals surface area contributed by atoms with E-state index < -0.39 is 4.92 Å². The third kappa shape index (κ3) is 3.81. The molecule has 2 aromatic carbocycles. The first kappa shape index (κ1) is 14.5. The molecule has 2 aromatic rings. The molecule has 20 heavy (non-hydrogen) atoms. The molecular weight excluding hydrogens is 322 g/mol. The van der Waals surface area contributed by atoms with Gasteiger partial charge in [0.1, 0.15) is 0 Å². The first-order valence-electron chi connectivity index (χ1n) is 6.20. The molecule has 0 atom stereocenters. The van der Waals surface area contributed by atoms with Gasteiger partial charge in [-0.1, -0.05) is 52.3 Å². The highest BCUT2D eigenvalue weighted by Gasteiger charge is 2.15. The van der Waals surface area contributed by atoms with E-state index in [4.69, 9.17) is 4.74 Å². The molecule has 0 aliphatic heterocycles. The highest BCUT2D eigenvalue weighted by atomic mass is 79.9. The predicted molar refractivity (Wildman–Crippen MR) is 81.4 cm³/mol. The lowest BCUT2D eigenvalue weighted by Crippen LogP contribution is -2.04. The van der Waals surface area contributed by atoms with E-state index in [9.17, 15) is 10.1 Å². The molecule has 5 heteroatoms. The van der Waals surface area contributed by atoms with Crippen LogP contribution in [0.15, 0.2) is 48.5 Å². The first-order chi connectivity index (χ1) is 9.70. The minimum Gasteiger partial charge on any atom is -0.486 e. The van der Waals surface area contributed by atoms with Gasteiger partial charge < -0.3 is 4.74 Å². The van der Waals surface area contributed by atoms with E-state index in [1.165, 1.54) is 6.07 Å². The Bertz CT molecular complexity index is 587. The molecule has 0 heterocycles. The smallest absolute Gasteiger partial charge is 0.310 e. The average molecular weight is 336 g/mol. The second kappa shape index (κ2) is 7.05. The predicted octanol–water partition coefficient (Wildman–Crippen LogP) is 4.11. The summed E-state index contributed by atoms with van der Waals surface area (Å²) < 4.78 is 5.58. The van der Waals surface area contributed by atoms with E-state index in [-0.39, 0.29) is 5.69 Å². The van der Waals surface area contributed by atoms with Gasteiger partial charge in [-0.25, -0.2) is 0 Å². The molecule has 0 N–H and O–H groups in total. The van der Waals surface area contributed by atoms with Crippen LogP contribution in [0.5, 0.6) is 5.75 Å². The molecular formula is C15H14BrNO3. The van der Waals surface area contributed by atoms with Gasteiger partial charge in [0.2, 0.25) is 0 Å². The zero-order chi connectivity index (χ0) is 14.4. The van der Waals surface area contributed by atoms with Crippen LogP contribution in [0.2, 0.25) is 0 Å². The lowest BCUT2D eigenvalue weighted by Gasteiger charge is -2.08. The number of halogens is 1. The summed E-state index contributed by atoms with van der Waals surface area (Å²) in [6.45, 7) is 0.413. The third-order valence-corrected chi connectivity index (χ3v) is 3.51. The van der Waals surface area contributed by atoms with Crippen molar-refractivity contribution in [2.45, 2.75) is 11.8 Å². The molecule has 0 saturated heterocycles. The van der Waals surface area contributed by atoms with E-state index in [1.807, 2.05) is 30.3 Å². The lowest BCUT2D eigenvalue weighted by molar-refractivity contribution is -0.385. The molecule has 104 valence electrons. The summed E-state index contributed by atoms with van der Waals surface area (Å²) in [5, 5.41) is 11.6. The van der Waals surface area contributed by atoms with Crippen LogP contribution < -0.4 is 4.74 Å². The Labute approximate surface area is 125 Å². The molecule has 0 saturated carbocycles. The van der Waals surface area contributed by atoms with Gasteiger partial charge in [-0.15, -0.1) is 0 Å². The van der Waals surface area contributed by atoms with Gasteiger partial charge in [-0.2, -0.15) is 0 Å². The fourth-order valence-corrected chi connectivity index (χ4v) is 2.18. The second-order valence-electron chi connectivity index (χ2n) is 4.28. The van der Waals surface area contributed by atoms with Crippen molar-refractivity contribution in [1.82, 2.24) is 0 Å². The zero-order valence-corrected chi connectivity index (χ0v) is 12.4. The van der Waals surface area contributed by atoms with Crippen LogP contribution in [0.4, 0.5) is 5.69 Å². The Morgan fingerprint density at radius 3 is 2.50 bits per heavy atom. The summed E-state index contributed by atoms with van der Waals surface area (Å²) >= 11 is 3.33. The molecule has 0 aromatic heterocycles. The molecule has 2 rings (SSSR count). The van der Waals surface area contributed by atoms with Crippen molar-refractivity contribution in [3.8, 4) is 5.75 Å². The molecule has 0 spiro atoms. The first-order valence-corrected chi connectivity index (χ1v) is 7.33. The topological polar surface area (TPSA) is 52.4 Å². The average Bonchev–Trinajstić information content (AvgIpc) is 2.48. The van der Waals surface area contributed by atoms with Gasteiger partial charge in [-0.3, -0.25) is 10.1 Å². The zero-order valence-electron chi connectivity index (χ0n) is 10.8. The van der Waals surface area contributed by atoms with E-state index >= 15 is 0 Å². The minimum absolute atomic E-state index is 0.00256. The number of nitro groups is 1. The van der Waals surface area contributed by atoms with Crippen LogP contribution in [-0.4, -0.2) is 11.5 Å². The second-order valence-corrected chi connectivity index (χ2v) is 4.84. The molecule has 0 amide bonds. The summed E-state index contributed by atoms with van der Waals surface area (Å²) in [6.07, 6.45) is 0.719. The van der Waals surface area contributed by atoms with Gasteiger partial charge in [0.25, 0.3) is 0 Å². The van der Waals surface area contributed by atoms with Crippen molar-refractivity contribution in [3.05, 3.63) is 69.8 Å². The van der Waals surface area contributed by atoms with E-state index in [1.54, 1.807) is 12.1 Å². The Hall–Kier alpha value is -1.88. The number of ether oxygens (including phenoxy) is 1. The Kier molecular flexibility index (Phi) is 5.12. The number of alkyl halides is 1. The molecule has 0 aliphatic rings. The van der Waals surface area contributed by atoms with Gasteiger partial charge in [0.05, 0.1) is 11.5 Å². The number of hydrogen-bond acceptors (Lipinski definition) is 3. The standard InChI is InChI=1S/C15H14BrNO3/c16-11-13-6-7-14(17(18)19)15(10-13)20-9-8-12-4-2-1-3-5-12/h1-7,10H,8-9,11H2. The van der Waals surface area contributed by atoms with Crippen molar-refractivity contribution in [3.63, 3.8) is 0 Å². The van der Waals surface area contributed by atoms with E-state index in [0.717, 1.165) is 17.5 Å². The maximum Gasteiger partial charge on any atom is 0.310 e. The normalized spacial score (nSPS) is 10.2. The number of nitro benzene ring substituents is 1. The van der Waals surface area contributed by atoms with Crippen molar-refractivity contribution in [1.29, 1.82) is 0 Å². The van der Waals surface area contributed by atoms with E-state index in [2.05, 4.69) is 15.9 Å². The molecule has 0 aliphatic carbocycles. The van der Waals surface area contributed by atoms with Crippen molar-refractivity contribution >= 4 is 21.6 Å². The fourth-order valence-electron chi connectivity index (χ4n) is 1.83. The van der Waals surface area contributed by atoms with Crippen LogP contribution in [-0.2, 0) is 11.8 Å². The summed E-state index contributed by atoms with van der Waals surface area (Å²) in [5.41, 5.74) is 2.10. The molecule has 0 unspecified atom stereocenters. The lowest BCUT2D eigenvalue weighted by atomic mass is 10.2. The van der Waals surface area contributed by atoms with Crippen LogP contribution >= 0.6 is 15.9 Å². The largest absolute Gasteiger partial charge is 0.486 e. The monoisotopic (exact) mass is 335 g/mol. The number of nitrogens with zero attached hydrogens (tertiary/aromatic N) is 1. The molecule has 0 radical (unpaired) electrons. The van der Waals surface area contributed by atoms with Gasteiger partial charge in [0, 0.05) is 17.8 Å². The van der Waals surface area contributed by atoms with Crippen LogP contribution in [0, 0.1) is 10.1 Å². The van der Waals surface area contributed by atoms with Crippen molar-refractivity contribution < 1.29 is 9.66 Å². The third-order valence-electron chi connectivity index (χ3n) is 2.87. The number of benzene rings is 2. The minimum atomic E-state index is -0.421. The highest BCUT2D eigenvalue weighted by molar-refractivity contribution is 9.08. The van der Waals surface area contributed by atoms with E-state index in [0.29, 0.717) is 17.7 Å². The molecule has 4 nitrogen and oxygen atoms in total. The summed E-state index contributed by atoms with van der Waals surface area (Å²) in [4.78, 5) is 10.5. The van der Waals surface area contributed by atoms with Crippen LogP contribution in [0.1, 0.15) is 11.1 Å². The van der Waals surface area contributed by atoms with Crippen molar-refractivity contribution in [2.24, 2.45) is 0 Å². The molecule has 0 bridgehead atoms. The number of rotatable bonds is 6. The fraction of sp³-hybridized carbons (Fsp3) is 0.200. The Morgan fingerprint density at radius 1 is 1.10 bits per heavy atom. The van der Waals surface area contributed by atoms with Crippen molar-refractivity contribution in [2.75, 3.05) is 6.61 Å². The SMILES string of the molecule is O=[N+]([O-])c1ccc(CBr)cc1OCCc1ccccc1. The highest BCUT2D eigenvalue weighted by Crippen LogP contribution is 2.28. The Morgan fingerprint density at radius 2 is 1.85 bits per heavy atom.